The Morgan fingerprint density at radius 2 is 2.17 bits per heavy atom. The summed E-state index contributed by atoms with van der Waals surface area (Å²) >= 11 is 0. The lowest BCUT2D eigenvalue weighted by Gasteiger charge is -2.34. The average molecular weight is 260 g/mol. The van der Waals surface area contributed by atoms with Crippen LogP contribution in [0, 0.1) is 5.92 Å². The minimum atomic E-state index is -1.16. The van der Waals surface area contributed by atoms with Crippen LogP contribution < -0.4 is 5.32 Å². The summed E-state index contributed by atoms with van der Waals surface area (Å²) in [6.45, 7) is 2.35. The SMILES string of the molecule is CC1CN(C(=O)N[C@H](CCO)C(=O)O)CCC1O. The van der Waals surface area contributed by atoms with Gasteiger partial charge in [0, 0.05) is 26.1 Å². The number of urea groups is 1. The predicted molar refractivity (Wildman–Crippen MR) is 63.0 cm³/mol. The van der Waals surface area contributed by atoms with Crippen LogP contribution >= 0.6 is 0 Å². The van der Waals surface area contributed by atoms with Crippen LogP contribution in [0.25, 0.3) is 0 Å². The summed E-state index contributed by atoms with van der Waals surface area (Å²) in [7, 11) is 0. The molecule has 0 spiro atoms. The first kappa shape index (κ1) is 14.7. The van der Waals surface area contributed by atoms with E-state index >= 15 is 0 Å². The standard InChI is InChI=1S/C11H20N2O5/c1-7-6-13(4-2-9(7)15)11(18)12-8(3-5-14)10(16)17/h7-9,14-15H,2-6H2,1H3,(H,12,18)(H,16,17)/t7?,8-,9?/m1/s1. The van der Waals surface area contributed by atoms with E-state index in [1.165, 1.54) is 4.90 Å². The van der Waals surface area contributed by atoms with Gasteiger partial charge in [-0.25, -0.2) is 9.59 Å². The summed E-state index contributed by atoms with van der Waals surface area (Å²) in [4.78, 5) is 24.2. The Labute approximate surface area is 105 Å². The summed E-state index contributed by atoms with van der Waals surface area (Å²) < 4.78 is 0. The summed E-state index contributed by atoms with van der Waals surface area (Å²) in [6.07, 6.45) is 0.0566. The molecule has 7 nitrogen and oxygen atoms in total. The number of carbonyl (C=O) groups is 2. The first-order valence-electron chi connectivity index (χ1n) is 6.03. The van der Waals surface area contributed by atoms with Gasteiger partial charge in [0.05, 0.1) is 6.10 Å². The van der Waals surface area contributed by atoms with Crippen molar-refractivity contribution in [3.05, 3.63) is 0 Å². The number of nitrogens with one attached hydrogen (secondary N) is 1. The average Bonchev–Trinajstić information content (AvgIpc) is 2.31. The minimum Gasteiger partial charge on any atom is -0.480 e. The van der Waals surface area contributed by atoms with Gasteiger partial charge >= 0.3 is 12.0 Å². The molecule has 1 aliphatic heterocycles. The molecule has 7 heteroatoms. The molecule has 1 saturated heterocycles. The number of amides is 2. The lowest BCUT2D eigenvalue weighted by atomic mass is 9.97. The van der Waals surface area contributed by atoms with E-state index in [1.807, 2.05) is 6.92 Å². The van der Waals surface area contributed by atoms with E-state index in [1.54, 1.807) is 0 Å². The molecule has 1 rings (SSSR count). The number of aliphatic hydroxyl groups excluding tert-OH is 2. The molecule has 0 bridgehead atoms. The Kier molecular flexibility index (Phi) is 5.36. The van der Waals surface area contributed by atoms with Gasteiger partial charge in [-0.05, 0) is 12.3 Å². The second-order valence-corrected chi connectivity index (χ2v) is 4.63. The first-order chi connectivity index (χ1) is 8.45. The third-order valence-corrected chi connectivity index (χ3v) is 3.16. The van der Waals surface area contributed by atoms with Crippen LogP contribution in [0.5, 0.6) is 0 Å². The van der Waals surface area contributed by atoms with E-state index in [2.05, 4.69) is 5.32 Å². The summed E-state index contributed by atoms with van der Waals surface area (Å²) in [6, 6.07) is -1.54. The molecule has 1 aliphatic rings. The quantitative estimate of drug-likeness (QED) is 0.531. The number of likely N-dealkylation sites (tertiary alicyclic amines) is 1. The van der Waals surface area contributed by atoms with Crippen molar-refractivity contribution in [3.63, 3.8) is 0 Å². The van der Waals surface area contributed by atoms with Crippen LogP contribution in [-0.4, -0.2) is 64.1 Å². The number of nitrogens with zero attached hydrogens (tertiary/aromatic N) is 1. The molecule has 0 aromatic rings. The molecule has 104 valence electrons. The maximum absolute atomic E-state index is 11.8. The summed E-state index contributed by atoms with van der Waals surface area (Å²) in [5.41, 5.74) is 0. The van der Waals surface area contributed by atoms with Gasteiger partial charge in [-0.15, -0.1) is 0 Å². The Balaban J connectivity index is 2.51. The zero-order valence-corrected chi connectivity index (χ0v) is 10.4. The van der Waals surface area contributed by atoms with E-state index < -0.39 is 24.1 Å². The molecular weight excluding hydrogens is 240 g/mol. The second kappa shape index (κ2) is 6.55. The Morgan fingerprint density at radius 3 is 2.67 bits per heavy atom. The number of piperidine rings is 1. The van der Waals surface area contributed by atoms with Gasteiger partial charge in [0.15, 0.2) is 0 Å². The van der Waals surface area contributed by atoms with Crippen molar-refractivity contribution < 1.29 is 24.9 Å². The number of hydrogen-bond acceptors (Lipinski definition) is 4. The van der Waals surface area contributed by atoms with Gasteiger partial charge in [0.2, 0.25) is 0 Å². The van der Waals surface area contributed by atoms with Gasteiger partial charge in [0.25, 0.3) is 0 Å². The molecule has 0 radical (unpaired) electrons. The molecule has 4 N–H and O–H groups in total. The van der Waals surface area contributed by atoms with Crippen LogP contribution in [0.4, 0.5) is 4.79 Å². The highest BCUT2D eigenvalue weighted by molar-refractivity contribution is 5.82. The molecule has 1 heterocycles. The molecule has 2 amide bonds. The van der Waals surface area contributed by atoms with E-state index in [9.17, 15) is 14.7 Å². The van der Waals surface area contributed by atoms with Crippen molar-refractivity contribution in [2.75, 3.05) is 19.7 Å². The van der Waals surface area contributed by atoms with Gasteiger partial charge in [-0.1, -0.05) is 6.92 Å². The van der Waals surface area contributed by atoms with Crippen LogP contribution in [-0.2, 0) is 4.79 Å². The fourth-order valence-corrected chi connectivity index (χ4v) is 1.94. The maximum Gasteiger partial charge on any atom is 0.326 e. The van der Waals surface area contributed by atoms with Crippen LogP contribution in [0.15, 0.2) is 0 Å². The Morgan fingerprint density at radius 1 is 1.50 bits per heavy atom. The predicted octanol–water partition coefficient (Wildman–Crippen LogP) is -0.766. The van der Waals surface area contributed by atoms with Crippen molar-refractivity contribution in [2.24, 2.45) is 5.92 Å². The largest absolute Gasteiger partial charge is 0.480 e. The van der Waals surface area contributed by atoms with E-state index in [0.717, 1.165) is 0 Å². The molecular formula is C11H20N2O5. The minimum absolute atomic E-state index is 0.0207. The molecule has 0 saturated carbocycles. The van der Waals surface area contributed by atoms with Crippen molar-refractivity contribution in [1.29, 1.82) is 0 Å². The van der Waals surface area contributed by atoms with Crippen molar-refractivity contribution in [2.45, 2.75) is 31.9 Å². The molecule has 3 atom stereocenters. The van der Waals surface area contributed by atoms with Crippen LogP contribution in [0.1, 0.15) is 19.8 Å². The highest BCUT2D eigenvalue weighted by Crippen LogP contribution is 2.16. The number of aliphatic hydroxyl groups is 2. The smallest absolute Gasteiger partial charge is 0.326 e. The molecule has 2 unspecified atom stereocenters. The number of aliphatic carboxylic acids is 1. The lowest BCUT2D eigenvalue weighted by Crippen LogP contribution is -2.52. The lowest BCUT2D eigenvalue weighted by molar-refractivity contribution is -0.139. The molecule has 1 fully saturated rings. The number of hydrogen-bond donors (Lipinski definition) is 4. The van der Waals surface area contributed by atoms with Crippen molar-refractivity contribution in [3.8, 4) is 0 Å². The highest BCUT2D eigenvalue weighted by atomic mass is 16.4. The number of carboxylic acid groups (broad SMARTS) is 1. The number of carboxylic acids is 1. The highest BCUT2D eigenvalue weighted by Gasteiger charge is 2.29. The monoisotopic (exact) mass is 260 g/mol. The van der Waals surface area contributed by atoms with E-state index in [0.29, 0.717) is 19.5 Å². The van der Waals surface area contributed by atoms with Gasteiger partial charge in [-0.3, -0.25) is 0 Å². The molecule has 18 heavy (non-hydrogen) atoms. The van der Waals surface area contributed by atoms with Gasteiger partial charge in [0.1, 0.15) is 6.04 Å². The second-order valence-electron chi connectivity index (χ2n) is 4.63. The van der Waals surface area contributed by atoms with Crippen molar-refractivity contribution >= 4 is 12.0 Å². The Hall–Kier alpha value is -1.34. The van der Waals surface area contributed by atoms with Crippen LogP contribution in [0.3, 0.4) is 0 Å². The third-order valence-electron chi connectivity index (χ3n) is 3.16. The third kappa shape index (κ3) is 3.85. The normalized spacial score (nSPS) is 25.6. The fourth-order valence-electron chi connectivity index (χ4n) is 1.94. The van der Waals surface area contributed by atoms with Gasteiger partial charge in [-0.2, -0.15) is 0 Å². The molecule has 0 aromatic heterocycles. The first-order valence-corrected chi connectivity index (χ1v) is 6.03. The maximum atomic E-state index is 11.8. The zero-order chi connectivity index (χ0) is 13.7. The summed E-state index contributed by atoms with van der Waals surface area (Å²) in [5, 5.41) is 29.5. The van der Waals surface area contributed by atoms with E-state index in [-0.39, 0.29) is 18.9 Å². The van der Waals surface area contributed by atoms with E-state index in [4.69, 9.17) is 10.2 Å². The molecule has 0 aromatic carbocycles. The number of carbonyl (C=O) groups excluding carboxylic acids is 1. The summed E-state index contributed by atoms with van der Waals surface area (Å²) in [5.74, 6) is -1.19. The number of rotatable bonds is 4. The topological polar surface area (TPSA) is 110 Å². The fraction of sp³-hybridized carbons (Fsp3) is 0.818. The molecule has 0 aliphatic carbocycles. The Bertz CT molecular complexity index is 310. The van der Waals surface area contributed by atoms with Crippen molar-refractivity contribution in [1.82, 2.24) is 10.2 Å². The van der Waals surface area contributed by atoms with Gasteiger partial charge < -0.3 is 25.5 Å². The zero-order valence-electron chi connectivity index (χ0n) is 10.4. The van der Waals surface area contributed by atoms with Crippen LogP contribution in [0.2, 0.25) is 0 Å².